The van der Waals surface area contributed by atoms with Crippen LogP contribution >= 0.6 is 0 Å². The molecule has 0 saturated carbocycles. The monoisotopic (exact) mass is 176 g/mol. The molecule has 1 aliphatic heterocycles. The zero-order chi connectivity index (χ0) is 9.47. The number of nitrogens with one attached hydrogen (secondary N) is 1. The van der Waals surface area contributed by atoms with E-state index < -0.39 is 0 Å². The highest BCUT2D eigenvalue weighted by atomic mass is 16.2. The molecule has 1 amide bonds. The van der Waals surface area contributed by atoms with Gasteiger partial charge in [0.15, 0.2) is 0 Å². The number of carbonyl (C=O) groups is 1. The summed E-state index contributed by atoms with van der Waals surface area (Å²) in [5, 5.41) is 2.88. The van der Waals surface area contributed by atoms with Crippen molar-refractivity contribution in [2.45, 2.75) is 19.9 Å². The number of hydrogen-bond acceptors (Lipinski definition) is 2. The first kappa shape index (κ1) is 8.23. The normalized spacial score (nSPS) is 24.8. The standard InChI is InChI=1S/C10H12N2O/c1-10(2)8(12-9(10)13)7-3-5-11-6-4-7/h3-6,8H,1-2H3,(H,12,13). The fraction of sp³-hybridized carbons (Fsp3) is 0.400. The molecule has 3 heteroatoms. The van der Waals surface area contributed by atoms with Crippen molar-refractivity contribution in [2.75, 3.05) is 0 Å². The number of amides is 1. The molecule has 1 aromatic heterocycles. The average molecular weight is 176 g/mol. The van der Waals surface area contributed by atoms with Crippen LogP contribution in [0.5, 0.6) is 0 Å². The van der Waals surface area contributed by atoms with E-state index in [1.807, 2.05) is 26.0 Å². The first-order valence-electron chi connectivity index (χ1n) is 4.33. The van der Waals surface area contributed by atoms with Gasteiger partial charge in [-0.05, 0) is 31.5 Å². The van der Waals surface area contributed by atoms with E-state index in [9.17, 15) is 4.79 Å². The van der Waals surface area contributed by atoms with Crippen molar-refractivity contribution < 1.29 is 4.79 Å². The molecular formula is C10H12N2O. The molecule has 2 heterocycles. The number of β-lactam (4-membered cyclic amide) rings is 1. The van der Waals surface area contributed by atoms with Gasteiger partial charge in [0.25, 0.3) is 0 Å². The summed E-state index contributed by atoms with van der Waals surface area (Å²) >= 11 is 0. The quantitative estimate of drug-likeness (QED) is 0.655. The third-order valence-corrected chi connectivity index (χ3v) is 2.62. The first-order valence-corrected chi connectivity index (χ1v) is 4.33. The van der Waals surface area contributed by atoms with Gasteiger partial charge in [0.2, 0.25) is 5.91 Å². The van der Waals surface area contributed by atoms with Gasteiger partial charge in [-0.3, -0.25) is 9.78 Å². The van der Waals surface area contributed by atoms with Crippen LogP contribution in [0.2, 0.25) is 0 Å². The second-order valence-corrected chi connectivity index (χ2v) is 3.91. The van der Waals surface area contributed by atoms with Crippen LogP contribution in [0, 0.1) is 5.41 Å². The smallest absolute Gasteiger partial charge is 0.228 e. The molecule has 3 nitrogen and oxygen atoms in total. The molecule has 1 atom stereocenters. The Morgan fingerprint density at radius 3 is 2.46 bits per heavy atom. The van der Waals surface area contributed by atoms with Crippen LogP contribution in [0.1, 0.15) is 25.5 Å². The molecule has 0 bridgehead atoms. The van der Waals surface area contributed by atoms with Crippen molar-refractivity contribution in [3.63, 3.8) is 0 Å². The van der Waals surface area contributed by atoms with Crippen LogP contribution in [0.3, 0.4) is 0 Å². The highest BCUT2D eigenvalue weighted by Crippen LogP contribution is 2.40. The van der Waals surface area contributed by atoms with Gasteiger partial charge < -0.3 is 5.32 Å². The van der Waals surface area contributed by atoms with Crippen molar-refractivity contribution in [3.05, 3.63) is 30.1 Å². The molecule has 2 rings (SSSR count). The maximum Gasteiger partial charge on any atom is 0.228 e. The summed E-state index contributed by atoms with van der Waals surface area (Å²) in [4.78, 5) is 15.1. The summed E-state index contributed by atoms with van der Waals surface area (Å²) in [7, 11) is 0. The van der Waals surface area contributed by atoms with Gasteiger partial charge in [0.05, 0.1) is 11.5 Å². The van der Waals surface area contributed by atoms with Crippen LogP contribution in [0.25, 0.3) is 0 Å². The van der Waals surface area contributed by atoms with Gasteiger partial charge in [0.1, 0.15) is 0 Å². The summed E-state index contributed by atoms with van der Waals surface area (Å²) in [6, 6.07) is 4.01. The predicted octanol–water partition coefficient (Wildman–Crippen LogP) is 1.28. The Kier molecular flexibility index (Phi) is 1.62. The largest absolute Gasteiger partial charge is 0.348 e. The van der Waals surface area contributed by atoms with Gasteiger partial charge >= 0.3 is 0 Å². The molecule has 1 saturated heterocycles. The summed E-state index contributed by atoms with van der Waals surface area (Å²) < 4.78 is 0. The number of rotatable bonds is 1. The van der Waals surface area contributed by atoms with Gasteiger partial charge in [-0.25, -0.2) is 0 Å². The maximum atomic E-state index is 11.2. The Morgan fingerprint density at radius 2 is 2.00 bits per heavy atom. The Bertz CT molecular complexity index is 332. The van der Waals surface area contributed by atoms with Crippen molar-refractivity contribution >= 4 is 5.91 Å². The van der Waals surface area contributed by atoms with Gasteiger partial charge in [0, 0.05) is 12.4 Å². The molecule has 0 spiro atoms. The van der Waals surface area contributed by atoms with E-state index in [2.05, 4.69) is 10.3 Å². The molecule has 1 N–H and O–H groups in total. The van der Waals surface area contributed by atoms with E-state index in [4.69, 9.17) is 0 Å². The predicted molar refractivity (Wildman–Crippen MR) is 48.9 cm³/mol. The second-order valence-electron chi connectivity index (χ2n) is 3.91. The summed E-state index contributed by atoms with van der Waals surface area (Å²) in [5.41, 5.74) is 0.848. The summed E-state index contributed by atoms with van der Waals surface area (Å²) in [6.45, 7) is 3.91. The van der Waals surface area contributed by atoms with Crippen LogP contribution in [-0.4, -0.2) is 10.9 Å². The highest BCUT2D eigenvalue weighted by Gasteiger charge is 2.47. The molecule has 13 heavy (non-hydrogen) atoms. The lowest BCUT2D eigenvalue weighted by Gasteiger charge is -2.44. The fourth-order valence-electron chi connectivity index (χ4n) is 1.61. The maximum absolute atomic E-state index is 11.2. The van der Waals surface area contributed by atoms with Gasteiger partial charge in [-0.1, -0.05) is 0 Å². The zero-order valence-corrected chi connectivity index (χ0v) is 7.74. The Labute approximate surface area is 77.2 Å². The van der Waals surface area contributed by atoms with E-state index in [1.165, 1.54) is 0 Å². The average Bonchev–Trinajstić information content (AvgIpc) is 2.15. The lowest BCUT2D eigenvalue weighted by Crippen LogP contribution is -2.57. The topological polar surface area (TPSA) is 42.0 Å². The van der Waals surface area contributed by atoms with Gasteiger partial charge in [-0.15, -0.1) is 0 Å². The Hall–Kier alpha value is -1.38. The van der Waals surface area contributed by atoms with E-state index in [-0.39, 0.29) is 17.4 Å². The molecule has 1 unspecified atom stereocenters. The molecule has 1 fully saturated rings. The lowest BCUT2D eigenvalue weighted by molar-refractivity contribution is -0.143. The van der Waals surface area contributed by atoms with Crippen LogP contribution in [0.15, 0.2) is 24.5 Å². The van der Waals surface area contributed by atoms with Crippen molar-refractivity contribution in [1.29, 1.82) is 0 Å². The van der Waals surface area contributed by atoms with E-state index in [0.29, 0.717) is 0 Å². The first-order chi connectivity index (χ1) is 6.12. The highest BCUT2D eigenvalue weighted by molar-refractivity contribution is 5.89. The molecule has 68 valence electrons. The third-order valence-electron chi connectivity index (χ3n) is 2.62. The molecule has 1 aromatic rings. The molecule has 0 radical (unpaired) electrons. The lowest BCUT2D eigenvalue weighted by atomic mass is 9.73. The minimum absolute atomic E-state index is 0.120. The number of carbonyl (C=O) groups excluding carboxylic acids is 1. The Balaban J connectivity index is 2.27. The number of nitrogens with zero attached hydrogens (tertiary/aromatic N) is 1. The number of hydrogen-bond donors (Lipinski definition) is 1. The summed E-state index contributed by atoms with van der Waals surface area (Å²) in [6.07, 6.45) is 3.49. The second kappa shape index (κ2) is 2.55. The number of pyridine rings is 1. The number of aromatic nitrogens is 1. The summed E-state index contributed by atoms with van der Waals surface area (Å²) in [5.74, 6) is 0.120. The molecule has 0 aliphatic carbocycles. The van der Waals surface area contributed by atoms with Crippen LogP contribution < -0.4 is 5.32 Å². The van der Waals surface area contributed by atoms with Gasteiger partial charge in [-0.2, -0.15) is 0 Å². The fourth-order valence-corrected chi connectivity index (χ4v) is 1.61. The minimum atomic E-state index is -0.276. The van der Waals surface area contributed by atoms with E-state index in [0.717, 1.165) is 5.56 Å². The van der Waals surface area contributed by atoms with Crippen molar-refractivity contribution in [1.82, 2.24) is 10.3 Å². The van der Waals surface area contributed by atoms with Crippen molar-refractivity contribution in [2.24, 2.45) is 5.41 Å². The third kappa shape index (κ3) is 1.11. The SMILES string of the molecule is CC1(C)C(=O)NC1c1ccncc1. The van der Waals surface area contributed by atoms with Crippen LogP contribution in [0.4, 0.5) is 0 Å². The van der Waals surface area contributed by atoms with E-state index in [1.54, 1.807) is 12.4 Å². The van der Waals surface area contributed by atoms with E-state index >= 15 is 0 Å². The zero-order valence-electron chi connectivity index (χ0n) is 7.74. The molecule has 0 aromatic carbocycles. The molecular weight excluding hydrogens is 164 g/mol. The minimum Gasteiger partial charge on any atom is -0.348 e. The van der Waals surface area contributed by atoms with Crippen LogP contribution in [-0.2, 0) is 4.79 Å². The Morgan fingerprint density at radius 1 is 1.38 bits per heavy atom. The van der Waals surface area contributed by atoms with Crippen molar-refractivity contribution in [3.8, 4) is 0 Å². The molecule has 1 aliphatic rings.